The van der Waals surface area contributed by atoms with Crippen LogP contribution >= 0.6 is 11.3 Å². The summed E-state index contributed by atoms with van der Waals surface area (Å²) in [7, 11) is -3.46. The molecule has 0 radical (unpaired) electrons. The van der Waals surface area contributed by atoms with Crippen molar-refractivity contribution in [2.75, 3.05) is 6.54 Å². The highest BCUT2D eigenvalue weighted by Crippen LogP contribution is 2.24. The standard InChI is InChI=1S/C12H16N4O3S2/c17-21(18,16-6-5-11-14-8-15-19-11)12-4-3-10(20-12)7-13-9-1-2-9/h3-4,8-9,13,16H,1-2,5-7H2. The maximum absolute atomic E-state index is 12.1. The zero-order valence-corrected chi connectivity index (χ0v) is 12.9. The smallest absolute Gasteiger partial charge is 0.250 e. The van der Waals surface area contributed by atoms with Gasteiger partial charge in [-0.25, -0.2) is 13.1 Å². The van der Waals surface area contributed by atoms with Crippen LogP contribution in [0.15, 0.2) is 27.2 Å². The maximum Gasteiger partial charge on any atom is 0.250 e. The van der Waals surface area contributed by atoms with E-state index in [-0.39, 0.29) is 6.54 Å². The van der Waals surface area contributed by atoms with E-state index in [9.17, 15) is 8.42 Å². The van der Waals surface area contributed by atoms with Crippen LogP contribution in [-0.4, -0.2) is 31.1 Å². The number of thiophene rings is 1. The van der Waals surface area contributed by atoms with Crippen molar-refractivity contribution < 1.29 is 12.9 Å². The van der Waals surface area contributed by atoms with Crippen molar-refractivity contribution in [3.63, 3.8) is 0 Å². The summed E-state index contributed by atoms with van der Waals surface area (Å²) >= 11 is 1.29. The lowest BCUT2D eigenvalue weighted by Crippen LogP contribution is -2.25. The molecule has 3 rings (SSSR count). The second-order valence-electron chi connectivity index (χ2n) is 4.86. The molecule has 1 fully saturated rings. The summed E-state index contributed by atoms with van der Waals surface area (Å²) in [5.74, 6) is 0.415. The molecule has 2 aromatic heterocycles. The molecule has 0 atom stereocenters. The van der Waals surface area contributed by atoms with Gasteiger partial charge >= 0.3 is 0 Å². The van der Waals surface area contributed by atoms with Crippen molar-refractivity contribution in [1.29, 1.82) is 0 Å². The van der Waals surface area contributed by atoms with E-state index in [0.29, 0.717) is 22.6 Å². The molecule has 2 aromatic rings. The first-order valence-corrected chi connectivity index (χ1v) is 9.01. The van der Waals surface area contributed by atoms with Gasteiger partial charge < -0.3 is 9.84 Å². The number of aromatic nitrogens is 2. The van der Waals surface area contributed by atoms with E-state index >= 15 is 0 Å². The predicted octanol–water partition coefficient (Wildman–Crippen LogP) is 0.904. The van der Waals surface area contributed by atoms with Gasteiger partial charge in [0, 0.05) is 30.4 Å². The minimum atomic E-state index is -3.46. The summed E-state index contributed by atoms with van der Waals surface area (Å²) in [6.07, 6.45) is 4.10. The van der Waals surface area contributed by atoms with Crippen LogP contribution in [0.4, 0.5) is 0 Å². The van der Waals surface area contributed by atoms with E-state index in [1.807, 2.05) is 6.07 Å². The average Bonchev–Trinajstić information content (AvgIpc) is 2.93. The third-order valence-corrected chi connectivity index (χ3v) is 6.12. The fraction of sp³-hybridized carbons (Fsp3) is 0.500. The van der Waals surface area contributed by atoms with Crippen molar-refractivity contribution in [1.82, 2.24) is 20.2 Å². The van der Waals surface area contributed by atoms with E-state index in [2.05, 4.69) is 20.2 Å². The lowest BCUT2D eigenvalue weighted by molar-refractivity contribution is 0.377. The Morgan fingerprint density at radius 3 is 2.95 bits per heavy atom. The van der Waals surface area contributed by atoms with Crippen molar-refractivity contribution >= 4 is 21.4 Å². The Bertz CT molecular complexity index is 677. The Kier molecular flexibility index (Phi) is 4.34. The van der Waals surface area contributed by atoms with Gasteiger partial charge in [0.1, 0.15) is 4.21 Å². The van der Waals surface area contributed by atoms with E-state index < -0.39 is 10.0 Å². The lowest BCUT2D eigenvalue weighted by atomic mass is 10.4. The van der Waals surface area contributed by atoms with E-state index in [1.54, 1.807) is 6.07 Å². The topological polar surface area (TPSA) is 97.1 Å². The molecule has 0 saturated heterocycles. The third-order valence-electron chi connectivity index (χ3n) is 3.08. The Balaban J connectivity index is 1.53. The highest BCUT2D eigenvalue weighted by molar-refractivity contribution is 7.91. The number of nitrogens with one attached hydrogen (secondary N) is 2. The fourth-order valence-electron chi connectivity index (χ4n) is 1.80. The second kappa shape index (κ2) is 6.22. The highest BCUT2D eigenvalue weighted by Gasteiger charge is 2.21. The molecule has 0 bridgehead atoms. The van der Waals surface area contributed by atoms with Crippen molar-refractivity contribution in [2.45, 2.75) is 36.1 Å². The first kappa shape index (κ1) is 14.6. The number of sulfonamides is 1. The Labute approximate surface area is 126 Å². The molecule has 1 saturated carbocycles. The summed E-state index contributed by atoms with van der Waals surface area (Å²) in [5.41, 5.74) is 0. The molecule has 0 spiro atoms. The SMILES string of the molecule is O=S(=O)(NCCc1ncno1)c1ccc(CNC2CC2)s1. The van der Waals surface area contributed by atoms with E-state index in [0.717, 1.165) is 11.4 Å². The molecule has 0 unspecified atom stereocenters. The van der Waals surface area contributed by atoms with Gasteiger partial charge in [-0.2, -0.15) is 4.98 Å². The van der Waals surface area contributed by atoms with Crippen molar-refractivity contribution in [2.24, 2.45) is 0 Å². The minimum absolute atomic E-state index is 0.234. The Morgan fingerprint density at radius 1 is 1.38 bits per heavy atom. The highest BCUT2D eigenvalue weighted by atomic mass is 32.2. The molecule has 0 aromatic carbocycles. The molecule has 114 valence electrons. The summed E-state index contributed by atoms with van der Waals surface area (Å²) in [4.78, 5) is 4.87. The van der Waals surface area contributed by atoms with Crippen LogP contribution in [0.5, 0.6) is 0 Å². The van der Waals surface area contributed by atoms with Gasteiger partial charge in [0.05, 0.1) is 0 Å². The van der Waals surface area contributed by atoms with Crippen LogP contribution in [0.1, 0.15) is 23.6 Å². The van der Waals surface area contributed by atoms with Gasteiger partial charge in [0.25, 0.3) is 0 Å². The summed E-state index contributed by atoms with van der Waals surface area (Å²) in [6, 6.07) is 4.11. The summed E-state index contributed by atoms with van der Waals surface area (Å²) < 4.78 is 32.0. The number of hydrogen-bond acceptors (Lipinski definition) is 7. The van der Waals surface area contributed by atoms with E-state index in [4.69, 9.17) is 4.52 Å². The number of nitrogens with zero attached hydrogens (tertiary/aromatic N) is 2. The molecule has 2 N–H and O–H groups in total. The maximum atomic E-state index is 12.1. The third kappa shape index (κ3) is 4.10. The predicted molar refractivity (Wildman–Crippen MR) is 77.4 cm³/mol. The van der Waals surface area contributed by atoms with Gasteiger partial charge in [0.15, 0.2) is 6.33 Å². The van der Waals surface area contributed by atoms with E-state index in [1.165, 1.54) is 30.5 Å². The van der Waals surface area contributed by atoms with Crippen LogP contribution in [0.2, 0.25) is 0 Å². The Morgan fingerprint density at radius 2 is 2.24 bits per heavy atom. The first-order chi connectivity index (χ1) is 10.1. The van der Waals surface area contributed by atoms with Gasteiger partial charge in [-0.15, -0.1) is 11.3 Å². The number of rotatable bonds is 8. The fourth-order valence-corrected chi connectivity index (χ4v) is 4.18. The molecular formula is C12H16N4O3S2. The number of hydrogen-bond donors (Lipinski definition) is 2. The monoisotopic (exact) mass is 328 g/mol. The van der Waals surface area contributed by atoms with Crippen molar-refractivity contribution in [3.8, 4) is 0 Å². The molecule has 9 heteroatoms. The molecule has 7 nitrogen and oxygen atoms in total. The molecule has 0 aliphatic heterocycles. The molecular weight excluding hydrogens is 312 g/mol. The van der Waals surface area contributed by atoms with Gasteiger partial charge in [-0.1, -0.05) is 5.16 Å². The molecule has 21 heavy (non-hydrogen) atoms. The minimum Gasteiger partial charge on any atom is -0.340 e. The zero-order valence-electron chi connectivity index (χ0n) is 11.3. The van der Waals surface area contributed by atoms with Crippen LogP contribution in [0.3, 0.4) is 0 Å². The lowest BCUT2D eigenvalue weighted by Gasteiger charge is -2.02. The summed E-state index contributed by atoms with van der Waals surface area (Å²) in [6.45, 7) is 0.963. The zero-order chi connectivity index (χ0) is 14.7. The molecule has 1 aliphatic carbocycles. The van der Waals surface area contributed by atoms with Crippen LogP contribution in [0, 0.1) is 0 Å². The van der Waals surface area contributed by atoms with Gasteiger partial charge in [-0.3, -0.25) is 0 Å². The normalized spacial score (nSPS) is 15.4. The Hall–Kier alpha value is -1.29. The van der Waals surface area contributed by atoms with Crippen molar-refractivity contribution in [3.05, 3.63) is 29.2 Å². The summed E-state index contributed by atoms with van der Waals surface area (Å²) in [5, 5.41) is 6.84. The van der Waals surface area contributed by atoms with Crippen LogP contribution < -0.4 is 10.0 Å². The quantitative estimate of drug-likeness (QED) is 0.747. The van der Waals surface area contributed by atoms with Crippen LogP contribution in [0.25, 0.3) is 0 Å². The first-order valence-electron chi connectivity index (χ1n) is 6.71. The molecule has 1 aliphatic rings. The van der Waals surface area contributed by atoms with Gasteiger partial charge in [-0.05, 0) is 25.0 Å². The largest absolute Gasteiger partial charge is 0.340 e. The molecule has 2 heterocycles. The van der Waals surface area contributed by atoms with Crippen LogP contribution in [-0.2, 0) is 23.0 Å². The second-order valence-corrected chi connectivity index (χ2v) is 8.02. The van der Waals surface area contributed by atoms with Gasteiger partial charge in [0.2, 0.25) is 15.9 Å². The molecule has 0 amide bonds. The average molecular weight is 328 g/mol.